The number of hydrogen-bond donors (Lipinski definition) is 1. The molecule has 1 fully saturated rings. The maximum absolute atomic E-state index is 13.0. The number of ketones is 1. The second-order valence-corrected chi connectivity index (χ2v) is 10.4. The normalized spacial score (nSPS) is 27.4. The van der Waals surface area contributed by atoms with Crippen LogP contribution in [0.2, 0.25) is 0 Å². The van der Waals surface area contributed by atoms with Crippen LogP contribution >= 0.6 is 0 Å². The standard InChI is InChI=1S/C26H36O5/c1-16(2)19-13-18-7-9-23-25(4,15-31-17(3)27)11-6-12-26(23,5)21(18)14-20(19)22(28)8-10-24(29)30/h13-14,16,23H,6-12,15H2,1-5H3,(H,29,30). The molecular weight excluding hydrogens is 392 g/mol. The highest BCUT2D eigenvalue weighted by Crippen LogP contribution is 2.57. The first-order valence-corrected chi connectivity index (χ1v) is 11.5. The number of Topliss-reactive ketones (excluding diaryl/α,β-unsaturated/α-hetero) is 1. The summed E-state index contributed by atoms with van der Waals surface area (Å²) in [6.45, 7) is 10.6. The van der Waals surface area contributed by atoms with Crippen LogP contribution in [-0.4, -0.2) is 29.4 Å². The van der Waals surface area contributed by atoms with E-state index in [1.807, 2.05) is 0 Å². The Morgan fingerprint density at radius 2 is 1.87 bits per heavy atom. The summed E-state index contributed by atoms with van der Waals surface area (Å²) in [5.74, 6) is -0.707. The highest BCUT2D eigenvalue weighted by Gasteiger charge is 2.52. The number of esters is 1. The Hall–Kier alpha value is -2.17. The molecule has 0 amide bonds. The number of aryl methyl sites for hydroxylation is 1. The molecule has 0 bridgehead atoms. The molecule has 3 unspecified atom stereocenters. The molecular formula is C26H36O5. The van der Waals surface area contributed by atoms with Gasteiger partial charge in [0, 0.05) is 24.3 Å². The molecule has 1 saturated carbocycles. The van der Waals surface area contributed by atoms with Crippen LogP contribution in [0.15, 0.2) is 12.1 Å². The zero-order chi connectivity index (χ0) is 23.0. The van der Waals surface area contributed by atoms with Crippen molar-refractivity contribution in [3.8, 4) is 0 Å². The molecule has 3 rings (SSSR count). The Bertz CT molecular complexity index is 886. The lowest BCUT2D eigenvalue weighted by atomic mass is 9.50. The number of ether oxygens (including phenoxy) is 1. The van der Waals surface area contributed by atoms with Crippen LogP contribution in [0.25, 0.3) is 0 Å². The van der Waals surface area contributed by atoms with Crippen molar-refractivity contribution in [3.05, 3.63) is 34.4 Å². The van der Waals surface area contributed by atoms with Crippen LogP contribution in [0.5, 0.6) is 0 Å². The SMILES string of the molecule is CC(=O)OCC1(C)CCCC2(C)c3cc(C(=O)CCC(=O)O)c(C(C)C)cc3CCC12. The van der Waals surface area contributed by atoms with Gasteiger partial charge in [0.05, 0.1) is 13.0 Å². The van der Waals surface area contributed by atoms with E-state index < -0.39 is 5.97 Å². The number of carboxylic acid groups (broad SMARTS) is 1. The van der Waals surface area contributed by atoms with Crippen molar-refractivity contribution in [3.63, 3.8) is 0 Å². The molecule has 2 aliphatic carbocycles. The van der Waals surface area contributed by atoms with E-state index in [0.29, 0.717) is 18.1 Å². The van der Waals surface area contributed by atoms with Crippen molar-refractivity contribution in [2.45, 2.75) is 90.9 Å². The highest BCUT2D eigenvalue weighted by molar-refractivity contribution is 5.99. The van der Waals surface area contributed by atoms with Crippen molar-refractivity contribution in [2.75, 3.05) is 6.61 Å². The fourth-order valence-electron chi connectivity index (χ4n) is 6.18. The van der Waals surface area contributed by atoms with E-state index in [1.54, 1.807) is 0 Å². The third-order valence-electron chi connectivity index (χ3n) is 7.74. The van der Waals surface area contributed by atoms with Gasteiger partial charge in [0.1, 0.15) is 0 Å². The van der Waals surface area contributed by atoms with Gasteiger partial charge in [0.25, 0.3) is 0 Å². The van der Waals surface area contributed by atoms with Gasteiger partial charge < -0.3 is 9.84 Å². The third-order valence-corrected chi connectivity index (χ3v) is 7.74. The zero-order valence-electron chi connectivity index (χ0n) is 19.5. The number of rotatable bonds is 7. The van der Waals surface area contributed by atoms with Crippen molar-refractivity contribution in [2.24, 2.45) is 11.3 Å². The van der Waals surface area contributed by atoms with Crippen molar-refractivity contribution >= 4 is 17.7 Å². The first-order chi connectivity index (χ1) is 14.5. The lowest BCUT2D eigenvalue weighted by molar-refractivity contribution is -0.148. The number of fused-ring (bicyclic) bond motifs is 3. The Kier molecular flexibility index (Phi) is 6.64. The lowest BCUT2D eigenvalue weighted by Gasteiger charge is -2.55. The molecule has 0 saturated heterocycles. The predicted molar refractivity (Wildman–Crippen MR) is 119 cm³/mol. The van der Waals surface area contributed by atoms with Crippen molar-refractivity contribution in [1.29, 1.82) is 0 Å². The van der Waals surface area contributed by atoms with Gasteiger partial charge in [-0.25, -0.2) is 0 Å². The molecule has 1 aromatic carbocycles. The van der Waals surface area contributed by atoms with Crippen LogP contribution in [0.4, 0.5) is 0 Å². The second kappa shape index (κ2) is 8.76. The van der Waals surface area contributed by atoms with Crippen LogP contribution in [0, 0.1) is 11.3 Å². The van der Waals surface area contributed by atoms with Crippen LogP contribution in [-0.2, 0) is 26.2 Å². The number of aliphatic carboxylic acids is 1. The topological polar surface area (TPSA) is 80.7 Å². The van der Waals surface area contributed by atoms with Gasteiger partial charge in [0.2, 0.25) is 0 Å². The Labute approximate surface area is 185 Å². The second-order valence-electron chi connectivity index (χ2n) is 10.4. The van der Waals surface area contributed by atoms with E-state index >= 15 is 0 Å². The maximum Gasteiger partial charge on any atom is 0.303 e. The molecule has 0 spiro atoms. The van der Waals surface area contributed by atoms with Gasteiger partial charge in [-0.15, -0.1) is 0 Å². The molecule has 1 aromatic rings. The van der Waals surface area contributed by atoms with Gasteiger partial charge in [-0.3, -0.25) is 14.4 Å². The molecule has 31 heavy (non-hydrogen) atoms. The van der Waals surface area contributed by atoms with E-state index in [0.717, 1.165) is 37.7 Å². The minimum atomic E-state index is -0.946. The van der Waals surface area contributed by atoms with Crippen molar-refractivity contribution in [1.82, 2.24) is 0 Å². The summed E-state index contributed by atoms with van der Waals surface area (Å²) in [5.41, 5.74) is 4.09. The monoisotopic (exact) mass is 428 g/mol. The van der Waals surface area contributed by atoms with Crippen LogP contribution in [0.3, 0.4) is 0 Å². The number of carboxylic acids is 1. The number of carbonyl (C=O) groups excluding carboxylic acids is 2. The molecule has 3 atom stereocenters. The van der Waals surface area contributed by atoms with Gasteiger partial charge >= 0.3 is 11.9 Å². The average molecular weight is 429 g/mol. The van der Waals surface area contributed by atoms with E-state index in [4.69, 9.17) is 9.84 Å². The van der Waals surface area contributed by atoms with Gasteiger partial charge in [0.15, 0.2) is 5.78 Å². The summed E-state index contributed by atoms with van der Waals surface area (Å²) in [7, 11) is 0. The van der Waals surface area contributed by atoms with E-state index in [-0.39, 0.29) is 41.3 Å². The Morgan fingerprint density at radius 1 is 1.16 bits per heavy atom. The molecule has 5 heteroatoms. The van der Waals surface area contributed by atoms with Crippen LogP contribution in [0.1, 0.15) is 106 Å². The molecule has 1 N–H and O–H groups in total. The maximum atomic E-state index is 13.0. The quantitative estimate of drug-likeness (QED) is 0.462. The molecule has 2 aliphatic rings. The fraction of sp³-hybridized carbons (Fsp3) is 0.654. The summed E-state index contributed by atoms with van der Waals surface area (Å²) in [6, 6.07) is 4.28. The van der Waals surface area contributed by atoms with E-state index in [1.165, 1.54) is 18.1 Å². The predicted octanol–water partition coefficient (Wildman–Crippen LogP) is 5.43. The largest absolute Gasteiger partial charge is 0.481 e. The van der Waals surface area contributed by atoms with E-state index in [2.05, 4.69) is 39.8 Å². The molecule has 5 nitrogen and oxygen atoms in total. The molecule has 0 radical (unpaired) electrons. The van der Waals surface area contributed by atoms with Gasteiger partial charge in [-0.05, 0) is 65.7 Å². The summed E-state index contributed by atoms with van der Waals surface area (Å²) in [4.78, 5) is 35.5. The third kappa shape index (κ3) is 4.56. The Balaban J connectivity index is 2.04. The molecule has 170 valence electrons. The first kappa shape index (κ1) is 23.5. The summed E-state index contributed by atoms with van der Waals surface area (Å²) < 4.78 is 5.48. The van der Waals surface area contributed by atoms with Crippen LogP contribution < -0.4 is 0 Å². The minimum Gasteiger partial charge on any atom is -0.481 e. The first-order valence-electron chi connectivity index (χ1n) is 11.5. The molecule has 0 heterocycles. The van der Waals surface area contributed by atoms with Crippen molar-refractivity contribution < 1.29 is 24.2 Å². The average Bonchev–Trinajstić information content (AvgIpc) is 2.69. The smallest absolute Gasteiger partial charge is 0.303 e. The molecule has 0 aromatic heterocycles. The summed E-state index contributed by atoms with van der Waals surface area (Å²) >= 11 is 0. The Morgan fingerprint density at radius 3 is 2.48 bits per heavy atom. The minimum absolute atomic E-state index is 0.0259. The molecule has 0 aliphatic heterocycles. The summed E-state index contributed by atoms with van der Waals surface area (Å²) in [5, 5.41) is 9.03. The number of benzene rings is 1. The van der Waals surface area contributed by atoms with E-state index in [9.17, 15) is 14.4 Å². The van der Waals surface area contributed by atoms with Gasteiger partial charge in [-0.1, -0.05) is 40.2 Å². The number of hydrogen-bond acceptors (Lipinski definition) is 4. The lowest BCUT2D eigenvalue weighted by Crippen LogP contribution is -2.51. The zero-order valence-corrected chi connectivity index (χ0v) is 19.5. The fourth-order valence-corrected chi connectivity index (χ4v) is 6.18. The highest BCUT2D eigenvalue weighted by atomic mass is 16.5. The van der Waals surface area contributed by atoms with Gasteiger partial charge in [-0.2, -0.15) is 0 Å². The number of carbonyl (C=O) groups is 3. The summed E-state index contributed by atoms with van der Waals surface area (Å²) in [6.07, 6.45) is 5.01.